The van der Waals surface area contributed by atoms with Crippen molar-refractivity contribution in [2.75, 3.05) is 6.61 Å². The molecule has 1 aromatic rings. The Morgan fingerprint density at radius 3 is 2.62 bits per heavy atom. The molecular formula is C15H19N3O3. The molecule has 21 heavy (non-hydrogen) atoms. The summed E-state index contributed by atoms with van der Waals surface area (Å²) in [4.78, 5) is 22.9. The number of amides is 2. The van der Waals surface area contributed by atoms with Gasteiger partial charge in [-0.3, -0.25) is 9.59 Å². The third-order valence-corrected chi connectivity index (χ3v) is 2.83. The molecular weight excluding hydrogens is 270 g/mol. The third kappa shape index (κ3) is 6.54. The SMILES string of the molecule is C[C@H](C#N)C[C@@H](NC(=O)COCc1ccccc1)C(N)=O. The minimum atomic E-state index is -0.854. The number of nitrogens with one attached hydrogen (secondary N) is 1. The van der Waals surface area contributed by atoms with Gasteiger partial charge in [-0.25, -0.2) is 0 Å². The van der Waals surface area contributed by atoms with Crippen molar-refractivity contribution in [3.63, 3.8) is 0 Å². The Morgan fingerprint density at radius 2 is 2.05 bits per heavy atom. The highest BCUT2D eigenvalue weighted by atomic mass is 16.5. The van der Waals surface area contributed by atoms with Crippen LogP contribution in [-0.2, 0) is 20.9 Å². The summed E-state index contributed by atoms with van der Waals surface area (Å²) in [6.45, 7) is 1.80. The highest BCUT2D eigenvalue weighted by Gasteiger charge is 2.20. The van der Waals surface area contributed by atoms with Crippen molar-refractivity contribution in [2.24, 2.45) is 11.7 Å². The minimum absolute atomic E-state index is 0.167. The summed E-state index contributed by atoms with van der Waals surface area (Å²) in [7, 11) is 0. The lowest BCUT2D eigenvalue weighted by Gasteiger charge is -2.16. The third-order valence-electron chi connectivity index (χ3n) is 2.83. The normalized spacial score (nSPS) is 13.0. The first-order valence-electron chi connectivity index (χ1n) is 6.63. The fourth-order valence-electron chi connectivity index (χ4n) is 1.72. The van der Waals surface area contributed by atoms with E-state index in [1.54, 1.807) is 6.92 Å². The molecule has 6 heteroatoms. The Hall–Kier alpha value is -2.39. The molecule has 0 aromatic heterocycles. The number of ether oxygens (including phenoxy) is 1. The Morgan fingerprint density at radius 1 is 1.38 bits per heavy atom. The van der Waals surface area contributed by atoms with E-state index in [1.807, 2.05) is 36.4 Å². The Kier molecular flexibility index (Phi) is 6.92. The fourth-order valence-corrected chi connectivity index (χ4v) is 1.72. The molecule has 112 valence electrons. The lowest BCUT2D eigenvalue weighted by atomic mass is 10.0. The van der Waals surface area contributed by atoms with Gasteiger partial charge in [-0.05, 0) is 18.9 Å². The summed E-state index contributed by atoms with van der Waals surface area (Å²) in [5.41, 5.74) is 6.16. The fraction of sp³-hybridized carbons (Fsp3) is 0.400. The van der Waals surface area contributed by atoms with Crippen LogP contribution in [0, 0.1) is 17.2 Å². The van der Waals surface area contributed by atoms with Gasteiger partial charge in [-0.2, -0.15) is 5.26 Å². The number of benzene rings is 1. The molecule has 0 saturated heterocycles. The van der Waals surface area contributed by atoms with Crippen LogP contribution >= 0.6 is 0 Å². The number of carbonyl (C=O) groups excluding carboxylic acids is 2. The summed E-state index contributed by atoms with van der Waals surface area (Å²) in [5.74, 6) is -1.46. The van der Waals surface area contributed by atoms with Crippen LogP contribution in [0.5, 0.6) is 0 Å². The van der Waals surface area contributed by atoms with Gasteiger partial charge in [-0.15, -0.1) is 0 Å². The summed E-state index contributed by atoms with van der Waals surface area (Å²) in [5, 5.41) is 11.2. The first kappa shape index (κ1) is 16.7. The molecule has 0 fully saturated rings. The number of carbonyl (C=O) groups is 2. The first-order valence-corrected chi connectivity index (χ1v) is 6.63. The first-order chi connectivity index (χ1) is 10.0. The standard InChI is InChI=1S/C15H19N3O3/c1-11(8-16)7-13(15(17)20)18-14(19)10-21-9-12-5-3-2-4-6-12/h2-6,11,13H,7,9-10H2,1H3,(H2,17,20)(H,18,19)/t11-,13+/m0/s1. The van der Waals surface area contributed by atoms with Crippen LogP contribution in [0.25, 0.3) is 0 Å². The van der Waals surface area contributed by atoms with Crippen LogP contribution in [0.1, 0.15) is 18.9 Å². The molecule has 0 heterocycles. The van der Waals surface area contributed by atoms with Crippen molar-refractivity contribution in [3.8, 4) is 6.07 Å². The van der Waals surface area contributed by atoms with Crippen LogP contribution in [0.4, 0.5) is 0 Å². The van der Waals surface area contributed by atoms with Crippen LogP contribution < -0.4 is 11.1 Å². The van der Waals surface area contributed by atoms with E-state index < -0.39 is 17.9 Å². The van der Waals surface area contributed by atoms with Gasteiger partial charge in [0.1, 0.15) is 12.6 Å². The predicted molar refractivity (Wildman–Crippen MR) is 76.6 cm³/mol. The molecule has 0 aliphatic heterocycles. The van der Waals surface area contributed by atoms with Crippen molar-refractivity contribution in [3.05, 3.63) is 35.9 Å². The largest absolute Gasteiger partial charge is 0.368 e. The molecule has 6 nitrogen and oxygen atoms in total. The Bertz CT molecular complexity index is 511. The van der Waals surface area contributed by atoms with Crippen LogP contribution in [0.2, 0.25) is 0 Å². The quantitative estimate of drug-likeness (QED) is 0.735. The highest BCUT2D eigenvalue weighted by molar-refractivity contribution is 5.87. The van der Waals surface area contributed by atoms with E-state index in [4.69, 9.17) is 15.7 Å². The van der Waals surface area contributed by atoms with Gasteiger partial charge >= 0.3 is 0 Å². The molecule has 2 atom stereocenters. The number of rotatable bonds is 8. The molecule has 0 unspecified atom stereocenters. The van der Waals surface area contributed by atoms with Crippen LogP contribution in [0.15, 0.2) is 30.3 Å². The maximum Gasteiger partial charge on any atom is 0.246 e. The molecule has 0 aliphatic carbocycles. The van der Waals surface area contributed by atoms with Gasteiger partial charge in [0.05, 0.1) is 12.7 Å². The monoisotopic (exact) mass is 289 g/mol. The Labute approximate surface area is 123 Å². The number of nitriles is 1. The zero-order valence-corrected chi connectivity index (χ0v) is 11.9. The lowest BCUT2D eigenvalue weighted by molar-refractivity contribution is -0.130. The average Bonchev–Trinajstić information content (AvgIpc) is 2.47. The summed E-state index contributed by atoms with van der Waals surface area (Å²) < 4.78 is 5.26. The van der Waals surface area contributed by atoms with Crippen molar-refractivity contribution in [1.29, 1.82) is 5.26 Å². The molecule has 0 spiro atoms. The summed E-state index contributed by atoms with van der Waals surface area (Å²) in [6.07, 6.45) is 0.191. The second kappa shape index (κ2) is 8.72. The number of hydrogen-bond donors (Lipinski definition) is 2. The van der Waals surface area contributed by atoms with Crippen LogP contribution in [0.3, 0.4) is 0 Å². The molecule has 0 aliphatic rings. The molecule has 0 radical (unpaired) electrons. The van der Waals surface area contributed by atoms with Crippen molar-refractivity contribution in [1.82, 2.24) is 5.32 Å². The van der Waals surface area contributed by atoms with Gasteiger partial charge in [0.25, 0.3) is 0 Å². The lowest BCUT2D eigenvalue weighted by Crippen LogP contribution is -2.46. The van der Waals surface area contributed by atoms with E-state index in [2.05, 4.69) is 5.32 Å². The van der Waals surface area contributed by atoms with Crippen molar-refractivity contribution in [2.45, 2.75) is 26.0 Å². The van der Waals surface area contributed by atoms with Crippen molar-refractivity contribution >= 4 is 11.8 Å². The van der Waals surface area contributed by atoms with E-state index in [9.17, 15) is 9.59 Å². The number of hydrogen-bond acceptors (Lipinski definition) is 4. The maximum absolute atomic E-state index is 11.7. The molecule has 2 amide bonds. The Balaban J connectivity index is 2.37. The summed E-state index contributed by atoms with van der Waals surface area (Å²) >= 11 is 0. The second-order valence-corrected chi connectivity index (χ2v) is 4.77. The zero-order chi connectivity index (χ0) is 15.7. The molecule has 1 rings (SSSR count). The average molecular weight is 289 g/mol. The van der Waals surface area contributed by atoms with E-state index in [-0.39, 0.29) is 18.9 Å². The van der Waals surface area contributed by atoms with E-state index in [1.165, 1.54) is 0 Å². The van der Waals surface area contributed by atoms with Gasteiger partial charge in [0, 0.05) is 5.92 Å². The number of nitrogens with zero attached hydrogens (tertiary/aromatic N) is 1. The minimum Gasteiger partial charge on any atom is -0.368 e. The second-order valence-electron chi connectivity index (χ2n) is 4.77. The zero-order valence-electron chi connectivity index (χ0n) is 11.9. The topological polar surface area (TPSA) is 105 Å². The van der Waals surface area contributed by atoms with Gasteiger partial charge in [-0.1, -0.05) is 30.3 Å². The van der Waals surface area contributed by atoms with Crippen molar-refractivity contribution < 1.29 is 14.3 Å². The van der Waals surface area contributed by atoms with Gasteiger partial charge < -0.3 is 15.8 Å². The van der Waals surface area contributed by atoms with Crippen LogP contribution in [-0.4, -0.2) is 24.5 Å². The van der Waals surface area contributed by atoms with Gasteiger partial charge in [0.2, 0.25) is 11.8 Å². The maximum atomic E-state index is 11.7. The highest BCUT2D eigenvalue weighted by Crippen LogP contribution is 2.05. The number of primary amides is 1. The predicted octanol–water partition coefficient (Wildman–Crippen LogP) is 0.723. The van der Waals surface area contributed by atoms with E-state index in [0.717, 1.165) is 5.56 Å². The van der Waals surface area contributed by atoms with Gasteiger partial charge in [0.15, 0.2) is 0 Å². The number of nitrogens with two attached hydrogens (primary N) is 1. The molecule has 0 bridgehead atoms. The summed E-state index contributed by atoms with van der Waals surface area (Å²) in [6, 6.07) is 10.6. The molecule has 1 aromatic carbocycles. The van der Waals surface area contributed by atoms with E-state index in [0.29, 0.717) is 6.61 Å². The smallest absolute Gasteiger partial charge is 0.246 e. The van der Waals surface area contributed by atoms with E-state index >= 15 is 0 Å². The molecule has 0 saturated carbocycles. The molecule has 3 N–H and O–H groups in total.